The van der Waals surface area contributed by atoms with E-state index in [-0.39, 0.29) is 56.6 Å². The van der Waals surface area contributed by atoms with Crippen LogP contribution in [0.4, 0.5) is 20.1 Å². The normalized spacial score (nSPS) is 17.0. The molecule has 3 rings (SSSR count). The number of hydrogen-bond acceptors (Lipinski definition) is 16. The first-order valence-electron chi connectivity index (χ1n) is 33.7. The summed E-state index contributed by atoms with van der Waals surface area (Å²) in [5, 5.41) is 30.2. The third-order valence-electron chi connectivity index (χ3n) is 17.5. The topological polar surface area (TPSA) is 374 Å². The summed E-state index contributed by atoms with van der Waals surface area (Å²) < 4.78 is 23.0. The monoisotopic (exact) mass is 1350 g/mol. The van der Waals surface area contributed by atoms with Crippen LogP contribution in [0.5, 0.6) is 0 Å². The SMILES string of the molecule is CC[C@H](C)[C@@H]([C@@H](CC(=O)N1CCC[C@H]1[C@H](OC)[C@@H](C)C(=O)N[C@H](C)[C@@H](O)c1ccccc1)OC)N(C)C(=O)[C@@H](NC(=O)[C@H](C(C)C)N(C)C(=O)OCc1ccc(NC(=O)[C@H](CCCNC(N)=O)NC(=O)[C@@H](NC(=O)[C@@H](N)CCCCNC(=O)OC(C)(C)C)C(C)C)cc1)C(C)C. The van der Waals surface area contributed by atoms with Crippen molar-refractivity contribution in [2.45, 2.75) is 227 Å². The molecule has 0 saturated carbocycles. The zero-order valence-electron chi connectivity index (χ0n) is 59.8. The van der Waals surface area contributed by atoms with Crippen molar-refractivity contribution in [3.63, 3.8) is 0 Å². The molecule has 0 aromatic heterocycles. The number of aliphatic hydroxyl groups is 1. The van der Waals surface area contributed by atoms with Crippen LogP contribution in [0, 0.1) is 29.6 Å². The van der Waals surface area contributed by atoms with Gasteiger partial charge in [0.25, 0.3) is 0 Å². The Morgan fingerprint density at radius 1 is 0.698 bits per heavy atom. The Bertz CT molecular complexity index is 2820. The lowest BCUT2D eigenvalue weighted by Crippen LogP contribution is -2.60. The van der Waals surface area contributed by atoms with Gasteiger partial charge in [0.2, 0.25) is 41.4 Å². The second kappa shape index (κ2) is 40.2. The first-order chi connectivity index (χ1) is 45.1. The van der Waals surface area contributed by atoms with Crippen molar-refractivity contribution in [1.82, 2.24) is 46.6 Å². The lowest BCUT2D eigenvalue weighted by atomic mass is 9.89. The van der Waals surface area contributed by atoms with Gasteiger partial charge in [-0.25, -0.2) is 14.4 Å². The van der Waals surface area contributed by atoms with Gasteiger partial charge in [-0.2, -0.15) is 0 Å². The molecule has 540 valence electrons. The molecule has 2 aromatic rings. The summed E-state index contributed by atoms with van der Waals surface area (Å²) >= 11 is 0. The van der Waals surface area contributed by atoms with Crippen LogP contribution in [0.3, 0.4) is 0 Å². The highest BCUT2D eigenvalue weighted by Gasteiger charge is 2.44. The number of aliphatic hydroxyl groups excluding tert-OH is 1. The van der Waals surface area contributed by atoms with Crippen LogP contribution in [0.1, 0.15) is 165 Å². The predicted octanol–water partition coefficient (Wildman–Crippen LogP) is 5.61. The Morgan fingerprint density at radius 3 is 1.88 bits per heavy atom. The van der Waals surface area contributed by atoms with Gasteiger partial charge in [0.1, 0.15) is 36.4 Å². The van der Waals surface area contributed by atoms with Crippen LogP contribution in [-0.4, -0.2) is 193 Å². The molecule has 11 amide bonds. The minimum absolute atomic E-state index is 0.0695. The standard InChI is InChI=1S/C69H114N12O15/c1-18-43(8)57(52(93-16)38-53(82)81-37-25-30-51(81)59(94-17)44(9)60(84)74-45(10)58(83)47-26-20-19-21-27-47)79(14)65(89)55(41(4)5)78-64(88)56(42(6)7)80(15)68(92)95-39-46-31-33-48(34-32-46)75-62(86)50(29-24-36-72-66(71)90)76-63(87)54(40(2)3)77-61(85)49(70)28-22-23-35-73-67(91)96-69(11,12)13/h19-21,26-27,31-34,40-45,49-52,54-59,83H,18,22-25,28-30,35-39,70H2,1-17H3,(H,73,91)(H,74,84)(H,75,86)(H,76,87)(H,77,85)(H,78,88)(H3,71,72,90)/t43-,44+,45+,49-,50-,51-,52+,54-,55-,56-,57-,58+,59+/m0/s1. The molecule has 12 N–H and O–H groups in total. The fourth-order valence-corrected chi connectivity index (χ4v) is 11.8. The molecule has 1 heterocycles. The van der Waals surface area contributed by atoms with E-state index in [1.807, 2.05) is 32.0 Å². The molecule has 1 fully saturated rings. The highest BCUT2D eigenvalue weighted by atomic mass is 16.6. The summed E-state index contributed by atoms with van der Waals surface area (Å²) in [4.78, 5) is 140. The number of nitrogens with zero attached hydrogens (tertiary/aromatic N) is 3. The number of urea groups is 1. The van der Waals surface area contributed by atoms with Crippen LogP contribution >= 0.6 is 0 Å². The number of alkyl carbamates (subject to hydrolysis) is 1. The minimum atomic E-state index is -1.14. The van der Waals surface area contributed by atoms with E-state index in [2.05, 4.69) is 37.2 Å². The second-order valence-electron chi connectivity index (χ2n) is 27.3. The summed E-state index contributed by atoms with van der Waals surface area (Å²) in [6, 6.07) is 7.67. The number of carbonyl (C=O) groups excluding carboxylic acids is 10. The van der Waals surface area contributed by atoms with Crippen molar-refractivity contribution in [1.29, 1.82) is 0 Å². The smallest absolute Gasteiger partial charge is 0.410 e. The van der Waals surface area contributed by atoms with Crippen LogP contribution in [0.2, 0.25) is 0 Å². The van der Waals surface area contributed by atoms with Gasteiger partial charge in [-0.3, -0.25) is 38.5 Å². The summed E-state index contributed by atoms with van der Waals surface area (Å²) in [6.45, 7) is 23.9. The molecule has 0 radical (unpaired) electrons. The van der Waals surface area contributed by atoms with Gasteiger partial charge >= 0.3 is 18.2 Å². The second-order valence-corrected chi connectivity index (χ2v) is 27.3. The number of nitrogens with one attached hydrogen (secondary N) is 7. The molecule has 0 aliphatic carbocycles. The van der Waals surface area contributed by atoms with Crippen molar-refractivity contribution >= 4 is 65.3 Å². The van der Waals surface area contributed by atoms with Crippen molar-refractivity contribution < 1.29 is 72.0 Å². The number of amides is 11. The fraction of sp³-hybridized carbons (Fsp3) is 0.681. The number of rotatable bonds is 38. The largest absolute Gasteiger partial charge is 0.445 e. The van der Waals surface area contributed by atoms with Crippen LogP contribution in [-0.2, 0) is 59.1 Å². The average Bonchev–Trinajstić information content (AvgIpc) is 1.18. The first-order valence-corrected chi connectivity index (χ1v) is 33.7. The molecule has 96 heavy (non-hydrogen) atoms. The fourth-order valence-electron chi connectivity index (χ4n) is 11.8. The van der Waals surface area contributed by atoms with Crippen molar-refractivity contribution in [3.8, 4) is 0 Å². The van der Waals surface area contributed by atoms with E-state index in [0.29, 0.717) is 62.0 Å². The quantitative estimate of drug-likeness (QED) is 0.0365. The molecule has 0 spiro atoms. The molecule has 27 heteroatoms. The number of primary amides is 1. The molecule has 0 bridgehead atoms. The maximum Gasteiger partial charge on any atom is 0.410 e. The van der Waals surface area contributed by atoms with Gasteiger partial charge in [-0.1, -0.05) is 111 Å². The van der Waals surface area contributed by atoms with E-state index in [1.54, 1.807) is 129 Å². The lowest BCUT2D eigenvalue weighted by molar-refractivity contribution is -0.148. The Balaban J connectivity index is 1.68. The van der Waals surface area contributed by atoms with Gasteiger partial charge < -0.3 is 82.5 Å². The summed E-state index contributed by atoms with van der Waals surface area (Å²) in [7, 11) is 6.08. The summed E-state index contributed by atoms with van der Waals surface area (Å²) in [6.07, 6.45) is -0.364. The number of ether oxygens (including phenoxy) is 4. The maximum absolute atomic E-state index is 14.8. The van der Waals surface area contributed by atoms with E-state index < -0.39 is 144 Å². The van der Waals surface area contributed by atoms with Gasteiger partial charge in [0.05, 0.1) is 54.8 Å². The van der Waals surface area contributed by atoms with E-state index in [0.717, 1.165) is 0 Å². The van der Waals surface area contributed by atoms with Crippen LogP contribution in [0.25, 0.3) is 0 Å². The van der Waals surface area contributed by atoms with Crippen molar-refractivity contribution in [2.24, 2.45) is 41.1 Å². The molecule has 27 nitrogen and oxygen atoms in total. The van der Waals surface area contributed by atoms with E-state index >= 15 is 0 Å². The zero-order valence-corrected chi connectivity index (χ0v) is 59.8. The number of unbranched alkanes of at least 4 members (excludes halogenated alkanes) is 1. The van der Waals surface area contributed by atoms with Crippen molar-refractivity contribution in [3.05, 3.63) is 65.7 Å². The van der Waals surface area contributed by atoms with Crippen LogP contribution < -0.4 is 48.7 Å². The number of benzene rings is 2. The lowest BCUT2D eigenvalue weighted by Gasteiger charge is -2.41. The molecular weight excluding hydrogens is 1240 g/mol. The predicted molar refractivity (Wildman–Crippen MR) is 365 cm³/mol. The third kappa shape index (κ3) is 26.1. The zero-order chi connectivity index (χ0) is 72.3. The number of nitrogens with two attached hydrogens (primary N) is 2. The molecule has 1 aliphatic rings. The number of hydrogen-bond donors (Lipinski definition) is 10. The van der Waals surface area contributed by atoms with Gasteiger partial charge in [-0.05, 0) is 120 Å². The Hall–Kier alpha value is -7.62. The minimum Gasteiger partial charge on any atom is -0.445 e. The first kappa shape index (κ1) is 82.6. The van der Waals surface area contributed by atoms with Gasteiger partial charge in [-0.15, -0.1) is 0 Å². The molecule has 0 unspecified atom stereocenters. The van der Waals surface area contributed by atoms with Gasteiger partial charge in [0.15, 0.2) is 0 Å². The average molecular weight is 1350 g/mol. The molecule has 2 aromatic carbocycles. The number of methoxy groups -OCH3 is 2. The Labute approximate surface area is 568 Å². The Morgan fingerprint density at radius 2 is 1.31 bits per heavy atom. The highest BCUT2D eigenvalue weighted by Crippen LogP contribution is 2.31. The maximum atomic E-state index is 14.8. The molecule has 1 aliphatic heterocycles. The number of likely N-dealkylation sites (N-methyl/N-ethyl adjacent to an activating group) is 2. The van der Waals surface area contributed by atoms with Gasteiger partial charge in [0, 0.05) is 53.6 Å². The molecule has 13 atom stereocenters. The van der Waals surface area contributed by atoms with E-state index in [1.165, 1.54) is 26.2 Å². The molecular formula is C69H114N12O15. The van der Waals surface area contributed by atoms with Crippen LogP contribution in [0.15, 0.2) is 54.6 Å². The highest BCUT2D eigenvalue weighted by molar-refractivity contribution is 5.99. The van der Waals surface area contributed by atoms with E-state index in [9.17, 15) is 53.1 Å². The van der Waals surface area contributed by atoms with Crippen molar-refractivity contribution in [2.75, 3.05) is 53.3 Å². The summed E-state index contributed by atoms with van der Waals surface area (Å²) in [5.41, 5.74) is 12.3. The van der Waals surface area contributed by atoms with E-state index in [4.69, 9.17) is 30.4 Å². The third-order valence-corrected chi connectivity index (χ3v) is 17.5. The summed E-state index contributed by atoms with van der Waals surface area (Å²) in [5.74, 6) is -5.55. The number of likely N-dealkylation sites (tertiary alicyclic amines) is 1. The number of carbonyl (C=O) groups is 10. The Kier molecular flexibility index (Phi) is 34.6. The number of anilines is 1. The molecule has 1 saturated heterocycles.